The van der Waals surface area contributed by atoms with Gasteiger partial charge in [0.15, 0.2) is 8.69 Å². The van der Waals surface area contributed by atoms with Gasteiger partial charge in [0.2, 0.25) is 0 Å². The van der Waals surface area contributed by atoms with Crippen molar-refractivity contribution < 1.29 is 9.46 Å². The number of hydrogen-bond donors (Lipinski definition) is 2. The smallest absolute Gasteiger partial charge is 0.177 e. The maximum Gasteiger partial charge on any atom is 0.177 e. The molecule has 13 heavy (non-hydrogen) atoms. The third-order valence-electron chi connectivity index (χ3n) is 1.51. The molecule has 1 aromatic carbocycles. The summed E-state index contributed by atoms with van der Waals surface area (Å²) in [6.07, 6.45) is 2.20. The lowest BCUT2D eigenvalue weighted by Gasteiger charge is -1.96. The summed E-state index contributed by atoms with van der Waals surface area (Å²) in [4.78, 5) is 7.10. The second-order valence-corrected chi connectivity index (χ2v) is 2.69. The molecule has 0 heterocycles. The molecule has 0 radical (unpaired) electrons. The van der Waals surface area contributed by atoms with Gasteiger partial charge in [0.25, 0.3) is 0 Å². The third-order valence-corrected chi connectivity index (χ3v) is 1.51. The molecule has 3 N–H and O–H groups in total. The van der Waals surface area contributed by atoms with E-state index in [4.69, 9.17) is 15.2 Å². The fourth-order valence-corrected chi connectivity index (χ4v) is 0.951. The lowest BCUT2D eigenvalue weighted by molar-refractivity contribution is 0.524. The van der Waals surface area contributed by atoms with Gasteiger partial charge >= 0.3 is 0 Å². The van der Waals surface area contributed by atoms with Gasteiger partial charge in [0.05, 0.1) is 0 Å². The molecule has 4 heteroatoms. The minimum absolute atomic E-state index is 0.787. The zero-order valence-electron chi connectivity index (χ0n) is 7.52. The van der Waals surface area contributed by atoms with E-state index in [0.717, 1.165) is 19.4 Å². The first-order valence-corrected chi connectivity index (χ1v) is 5.15. The predicted molar refractivity (Wildman–Crippen MR) is 56.4 cm³/mol. The molecular weight excluding hydrogens is 185 g/mol. The summed E-state index contributed by atoms with van der Waals surface area (Å²) < 4.78 is 8.57. The zero-order chi connectivity index (χ0) is 9.94. The fourth-order valence-electron chi connectivity index (χ4n) is 0.951. The quantitative estimate of drug-likeness (QED) is 0.723. The Balaban J connectivity index is 0.000000424. The summed E-state index contributed by atoms with van der Waals surface area (Å²) in [5.74, 6) is 0. The summed E-state index contributed by atoms with van der Waals surface area (Å²) in [5, 5.41) is 0. The van der Waals surface area contributed by atoms with Crippen molar-refractivity contribution in [1.29, 1.82) is 0 Å². The Morgan fingerprint density at radius 2 is 1.85 bits per heavy atom. The number of benzene rings is 1. The van der Waals surface area contributed by atoms with E-state index in [1.54, 1.807) is 0 Å². The van der Waals surface area contributed by atoms with Crippen LogP contribution in [0.25, 0.3) is 0 Å². The predicted octanol–water partition coefficient (Wildman–Crippen LogP) is 1.23. The van der Waals surface area contributed by atoms with Crippen LogP contribution in [0.15, 0.2) is 30.3 Å². The highest BCUT2D eigenvalue weighted by Gasteiger charge is 1.87. The molecule has 0 bridgehead atoms. The van der Waals surface area contributed by atoms with E-state index in [0.29, 0.717) is 0 Å². The van der Waals surface area contributed by atoms with Crippen molar-refractivity contribution >= 4 is 8.69 Å². The Hall–Kier alpha value is -0.630. The SMILES string of the molecule is NCCCc1ccccc1.O=[PH2]O. The van der Waals surface area contributed by atoms with E-state index in [9.17, 15) is 0 Å². The Kier molecular flexibility index (Phi) is 9.00. The molecule has 1 unspecified atom stereocenters. The molecule has 0 saturated carbocycles. The van der Waals surface area contributed by atoms with Crippen molar-refractivity contribution in [1.82, 2.24) is 0 Å². The summed E-state index contributed by atoms with van der Waals surface area (Å²) in [6.45, 7) is 0.787. The molecule has 0 aliphatic carbocycles. The molecule has 0 saturated heterocycles. The molecule has 1 rings (SSSR count). The highest BCUT2D eigenvalue weighted by atomic mass is 31.1. The highest BCUT2D eigenvalue weighted by Crippen LogP contribution is 2.00. The van der Waals surface area contributed by atoms with E-state index in [1.807, 2.05) is 6.07 Å². The van der Waals surface area contributed by atoms with Gasteiger partial charge in [-0.1, -0.05) is 30.3 Å². The molecule has 3 nitrogen and oxygen atoms in total. The van der Waals surface area contributed by atoms with Gasteiger partial charge in [0, 0.05) is 0 Å². The van der Waals surface area contributed by atoms with Crippen molar-refractivity contribution in [3.63, 3.8) is 0 Å². The third kappa shape index (κ3) is 7.72. The van der Waals surface area contributed by atoms with Crippen LogP contribution >= 0.6 is 8.69 Å². The maximum absolute atomic E-state index is 8.57. The summed E-state index contributed by atoms with van der Waals surface area (Å²) in [6, 6.07) is 10.4. The Bertz CT molecular complexity index is 216. The van der Waals surface area contributed by atoms with Crippen LogP contribution < -0.4 is 5.73 Å². The minimum atomic E-state index is -1.50. The summed E-state index contributed by atoms with van der Waals surface area (Å²) in [7, 11) is -1.50. The van der Waals surface area contributed by atoms with Gasteiger partial charge in [-0.15, -0.1) is 0 Å². The van der Waals surface area contributed by atoms with E-state index in [-0.39, 0.29) is 0 Å². The molecule has 0 fully saturated rings. The van der Waals surface area contributed by atoms with Crippen molar-refractivity contribution in [2.75, 3.05) is 6.54 Å². The molecule has 0 aliphatic rings. The normalized spacial score (nSPS) is 9.69. The van der Waals surface area contributed by atoms with E-state index >= 15 is 0 Å². The molecule has 0 aromatic heterocycles. The maximum atomic E-state index is 8.57. The van der Waals surface area contributed by atoms with Crippen LogP contribution in [0.5, 0.6) is 0 Å². The van der Waals surface area contributed by atoms with E-state index < -0.39 is 8.69 Å². The molecular formula is C9H16NO2P. The lowest BCUT2D eigenvalue weighted by Crippen LogP contribution is -1.99. The van der Waals surface area contributed by atoms with Gasteiger partial charge in [-0.3, -0.25) is 4.57 Å². The number of nitrogens with two attached hydrogens (primary N) is 1. The Morgan fingerprint density at radius 1 is 1.31 bits per heavy atom. The van der Waals surface area contributed by atoms with Crippen LogP contribution in [0.3, 0.4) is 0 Å². The van der Waals surface area contributed by atoms with Crippen molar-refractivity contribution in [2.45, 2.75) is 12.8 Å². The first-order chi connectivity index (χ1) is 6.35. The molecule has 0 amide bonds. The van der Waals surface area contributed by atoms with Crippen LogP contribution in [-0.2, 0) is 11.0 Å². The first kappa shape index (κ1) is 12.4. The van der Waals surface area contributed by atoms with Crippen molar-refractivity contribution in [2.24, 2.45) is 5.73 Å². The average Bonchev–Trinajstić information content (AvgIpc) is 2.18. The Morgan fingerprint density at radius 3 is 2.31 bits per heavy atom. The molecule has 1 aromatic rings. The first-order valence-electron chi connectivity index (χ1n) is 4.17. The fraction of sp³-hybridized carbons (Fsp3) is 0.333. The van der Waals surface area contributed by atoms with Gasteiger partial charge in [-0.05, 0) is 24.9 Å². The van der Waals surface area contributed by atoms with Crippen LogP contribution in [-0.4, -0.2) is 11.4 Å². The topological polar surface area (TPSA) is 63.3 Å². The van der Waals surface area contributed by atoms with Crippen LogP contribution in [0.1, 0.15) is 12.0 Å². The van der Waals surface area contributed by atoms with Gasteiger partial charge < -0.3 is 10.6 Å². The van der Waals surface area contributed by atoms with Gasteiger partial charge in [-0.2, -0.15) is 0 Å². The average molecular weight is 201 g/mol. The number of aryl methyl sites for hydroxylation is 1. The zero-order valence-corrected chi connectivity index (χ0v) is 8.67. The van der Waals surface area contributed by atoms with E-state index in [2.05, 4.69) is 24.3 Å². The largest absolute Gasteiger partial charge is 0.348 e. The van der Waals surface area contributed by atoms with Gasteiger partial charge in [0.1, 0.15) is 0 Å². The van der Waals surface area contributed by atoms with Gasteiger partial charge in [-0.25, -0.2) is 0 Å². The molecule has 1 atom stereocenters. The van der Waals surface area contributed by atoms with Crippen molar-refractivity contribution in [3.05, 3.63) is 35.9 Å². The second-order valence-electron chi connectivity index (χ2n) is 2.48. The summed E-state index contributed by atoms with van der Waals surface area (Å²) >= 11 is 0. The standard InChI is InChI=1S/C9H13N.H3O2P/c10-8-4-7-9-5-2-1-3-6-9;1-3-2/h1-3,5-6H,4,7-8,10H2;3H2,(H,1,2). The van der Waals surface area contributed by atoms with E-state index in [1.165, 1.54) is 5.56 Å². The van der Waals surface area contributed by atoms with Crippen LogP contribution in [0.4, 0.5) is 0 Å². The highest BCUT2D eigenvalue weighted by molar-refractivity contribution is 7.16. The second kappa shape index (κ2) is 9.46. The Labute approximate surface area is 79.9 Å². The number of hydrogen-bond acceptors (Lipinski definition) is 2. The number of rotatable bonds is 3. The molecule has 74 valence electrons. The monoisotopic (exact) mass is 201 g/mol. The van der Waals surface area contributed by atoms with Crippen LogP contribution in [0.2, 0.25) is 0 Å². The molecule has 0 spiro atoms. The molecule has 0 aliphatic heterocycles. The minimum Gasteiger partial charge on any atom is -0.348 e. The summed E-state index contributed by atoms with van der Waals surface area (Å²) in [5.41, 5.74) is 6.76. The van der Waals surface area contributed by atoms with Crippen LogP contribution in [0, 0.1) is 0 Å². The van der Waals surface area contributed by atoms with Crippen molar-refractivity contribution in [3.8, 4) is 0 Å². The lowest BCUT2D eigenvalue weighted by atomic mass is 10.1.